The molecule has 2 rings (SSSR count). The number of carbonyl (C=O) groups is 1. The van der Waals surface area contributed by atoms with Gasteiger partial charge in [-0.3, -0.25) is 9.52 Å². The highest BCUT2D eigenvalue weighted by Crippen LogP contribution is 2.26. The average molecular weight is 362 g/mol. The molecule has 0 aliphatic heterocycles. The van der Waals surface area contributed by atoms with Gasteiger partial charge in [-0.1, -0.05) is 6.07 Å². The van der Waals surface area contributed by atoms with Crippen LogP contribution in [0.15, 0.2) is 30.3 Å². The van der Waals surface area contributed by atoms with Gasteiger partial charge < -0.3 is 10.4 Å². The molecule has 0 aliphatic carbocycles. The number of phenolic OH excluding ortho intramolecular Hbond substituents is 1. The Morgan fingerprint density at radius 2 is 1.76 bits per heavy atom. The number of aryl methyl sites for hydroxylation is 2. The fourth-order valence-electron chi connectivity index (χ4n) is 2.28. The van der Waals surface area contributed by atoms with E-state index in [1.807, 2.05) is 6.92 Å². The van der Waals surface area contributed by atoms with Gasteiger partial charge in [0.2, 0.25) is 10.0 Å². The molecule has 25 heavy (non-hydrogen) atoms. The van der Waals surface area contributed by atoms with Crippen molar-refractivity contribution in [3.63, 3.8) is 0 Å². The summed E-state index contributed by atoms with van der Waals surface area (Å²) in [6.07, 6.45) is 0. The summed E-state index contributed by atoms with van der Waals surface area (Å²) in [6, 6.07) is 8.22. The Kier molecular flexibility index (Phi) is 5.37. The molecule has 1 amide bonds. The van der Waals surface area contributed by atoms with Crippen LogP contribution in [0.25, 0.3) is 0 Å². The number of benzene rings is 2. The van der Waals surface area contributed by atoms with E-state index in [9.17, 15) is 18.3 Å². The van der Waals surface area contributed by atoms with Crippen molar-refractivity contribution in [2.75, 3.05) is 15.8 Å². The Labute approximate surface area is 147 Å². The van der Waals surface area contributed by atoms with Crippen molar-refractivity contribution < 1.29 is 18.3 Å². The smallest absolute Gasteiger partial charge is 0.259 e. The highest BCUT2D eigenvalue weighted by molar-refractivity contribution is 7.92. The largest absolute Gasteiger partial charge is 0.507 e. The van der Waals surface area contributed by atoms with E-state index in [2.05, 4.69) is 10.0 Å². The van der Waals surface area contributed by atoms with Gasteiger partial charge in [-0.15, -0.1) is 0 Å². The van der Waals surface area contributed by atoms with Crippen LogP contribution >= 0.6 is 0 Å². The first-order valence-corrected chi connectivity index (χ1v) is 9.51. The number of hydrogen-bond acceptors (Lipinski definition) is 4. The van der Waals surface area contributed by atoms with Gasteiger partial charge >= 0.3 is 0 Å². The van der Waals surface area contributed by atoms with E-state index in [0.29, 0.717) is 22.5 Å². The first kappa shape index (κ1) is 18.8. The third kappa shape index (κ3) is 4.30. The summed E-state index contributed by atoms with van der Waals surface area (Å²) in [4.78, 5) is 12.4. The topological polar surface area (TPSA) is 95.5 Å². The molecule has 0 heterocycles. The standard InChI is InChI=1S/C18H22N2O4S/c1-5-25(23,24)20-16-9-7-14(10-12(16)3)19-18(22)15-8-6-11(2)13(4)17(15)21/h6-10,20-21H,5H2,1-4H3,(H,19,22). The summed E-state index contributed by atoms with van der Waals surface area (Å²) < 4.78 is 25.8. The first-order valence-electron chi connectivity index (χ1n) is 7.86. The maximum atomic E-state index is 12.4. The number of carbonyl (C=O) groups excluding carboxylic acids is 1. The molecule has 0 aliphatic rings. The fraction of sp³-hybridized carbons (Fsp3) is 0.278. The first-order chi connectivity index (χ1) is 11.6. The lowest BCUT2D eigenvalue weighted by molar-refractivity contribution is 0.102. The average Bonchev–Trinajstić information content (AvgIpc) is 2.55. The zero-order valence-electron chi connectivity index (χ0n) is 14.7. The van der Waals surface area contributed by atoms with Crippen LogP contribution < -0.4 is 10.0 Å². The molecule has 0 saturated carbocycles. The van der Waals surface area contributed by atoms with Gasteiger partial charge in [-0.25, -0.2) is 8.42 Å². The summed E-state index contributed by atoms with van der Waals surface area (Å²) in [5, 5.41) is 12.9. The van der Waals surface area contributed by atoms with Crippen LogP contribution in [0, 0.1) is 20.8 Å². The van der Waals surface area contributed by atoms with Crippen molar-refractivity contribution in [2.45, 2.75) is 27.7 Å². The quantitative estimate of drug-likeness (QED) is 0.760. The highest BCUT2D eigenvalue weighted by atomic mass is 32.2. The number of aromatic hydroxyl groups is 1. The molecule has 0 aromatic heterocycles. The second-order valence-corrected chi connectivity index (χ2v) is 7.90. The minimum Gasteiger partial charge on any atom is -0.507 e. The SMILES string of the molecule is CCS(=O)(=O)Nc1ccc(NC(=O)c2ccc(C)c(C)c2O)cc1C. The van der Waals surface area contributed by atoms with Gasteiger partial charge in [-0.05, 0) is 68.7 Å². The fourth-order valence-corrected chi connectivity index (χ4v) is 2.99. The monoisotopic (exact) mass is 362 g/mol. The normalized spacial score (nSPS) is 11.2. The van der Waals surface area contributed by atoms with Crippen LogP contribution in [0.1, 0.15) is 34.0 Å². The lowest BCUT2D eigenvalue weighted by atomic mass is 10.0. The molecule has 0 bridgehead atoms. The third-order valence-corrected chi connectivity index (χ3v) is 5.37. The van der Waals surface area contributed by atoms with Crippen molar-refractivity contribution in [3.8, 4) is 5.75 Å². The molecular weight excluding hydrogens is 340 g/mol. The van der Waals surface area contributed by atoms with Crippen LogP contribution in [-0.2, 0) is 10.0 Å². The molecule has 3 N–H and O–H groups in total. The maximum absolute atomic E-state index is 12.4. The summed E-state index contributed by atoms with van der Waals surface area (Å²) in [5.41, 5.74) is 3.41. The molecule has 0 fully saturated rings. The number of amides is 1. The number of nitrogens with one attached hydrogen (secondary N) is 2. The van der Waals surface area contributed by atoms with Gasteiger partial charge in [0.05, 0.1) is 17.0 Å². The van der Waals surface area contributed by atoms with Crippen molar-refractivity contribution >= 4 is 27.3 Å². The number of rotatable bonds is 5. The molecule has 2 aromatic carbocycles. The molecule has 7 heteroatoms. The van der Waals surface area contributed by atoms with Crippen molar-refractivity contribution in [3.05, 3.63) is 52.6 Å². The third-order valence-electron chi connectivity index (χ3n) is 4.08. The summed E-state index contributed by atoms with van der Waals surface area (Å²) in [7, 11) is -3.36. The number of phenols is 1. The van der Waals surface area contributed by atoms with E-state index in [0.717, 1.165) is 5.56 Å². The second-order valence-electron chi connectivity index (χ2n) is 5.89. The van der Waals surface area contributed by atoms with Crippen molar-refractivity contribution in [1.29, 1.82) is 0 Å². The second kappa shape index (κ2) is 7.14. The Bertz CT molecular complexity index is 921. The van der Waals surface area contributed by atoms with Crippen LogP contribution in [-0.4, -0.2) is 25.2 Å². The van der Waals surface area contributed by atoms with Crippen molar-refractivity contribution in [2.24, 2.45) is 0 Å². The molecular formula is C18H22N2O4S. The van der Waals surface area contributed by atoms with Gasteiger partial charge in [-0.2, -0.15) is 0 Å². The van der Waals surface area contributed by atoms with E-state index < -0.39 is 15.9 Å². The Hall–Kier alpha value is -2.54. The number of hydrogen-bond donors (Lipinski definition) is 3. The molecule has 0 atom stereocenters. The maximum Gasteiger partial charge on any atom is 0.259 e. The van der Waals surface area contributed by atoms with Gasteiger partial charge in [0.1, 0.15) is 5.75 Å². The Balaban J connectivity index is 2.23. The highest BCUT2D eigenvalue weighted by Gasteiger charge is 2.15. The number of anilines is 2. The van der Waals surface area contributed by atoms with E-state index in [1.165, 1.54) is 0 Å². The van der Waals surface area contributed by atoms with Crippen LogP contribution in [0.5, 0.6) is 5.75 Å². The molecule has 0 radical (unpaired) electrons. The zero-order chi connectivity index (χ0) is 18.8. The minimum atomic E-state index is -3.36. The summed E-state index contributed by atoms with van der Waals surface area (Å²) in [6.45, 7) is 6.91. The zero-order valence-corrected chi connectivity index (χ0v) is 15.5. The van der Waals surface area contributed by atoms with E-state index >= 15 is 0 Å². The predicted octanol–water partition coefficient (Wildman–Crippen LogP) is 3.33. The van der Waals surface area contributed by atoms with Crippen LogP contribution in [0.3, 0.4) is 0 Å². The Morgan fingerprint density at radius 1 is 1.08 bits per heavy atom. The molecule has 0 spiro atoms. The lowest BCUT2D eigenvalue weighted by Crippen LogP contribution is -2.16. The molecule has 134 valence electrons. The van der Waals surface area contributed by atoms with Gasteiger partial charge in [0.15, 0.2) is 0 Å². The van der Waals surface area contributed by atoms with E-state index in [4.69, 9.17) is 0 Å². The number of sulfonamides is 1. The molecule has 0 unspecified atom stereocenters. The van der Waals surface area contributed by atoms with Crippen molar-refractivity contribution in [1.82, 2.24) is 0 Å². The molecule has 2 aromatic rings. The minimum absolute atomic E-state index is 0.0169. The Morgan fingerprint density at radius 3 is 2.36 bits per heavy atom. The summed E-state index contributed by atoms with van der Waals surface area (Å²) >= 11 is 0. The predicted molar refractivity (Wildman–Crippen MR) is 99.8 cm³/mol. The van der Waals surface area contributed by atoms with E-state index in [1.54, 1.807) is 51.1 Å². The van der Waals surface area contributed by atoms with Crippen LogP contribution in [0.2, 0.25) is 0 Å². The van der Waals surface area contributed by atoms with Crippen LogP contribution in [0.4, 0.5) is 11.4 Å². The molecule has 0 saturated heterocycles. The van der Waals surface area contributed by atoms with Gasteiger partial charge in [0, 0.05) is 5.69 Å². The summed E-state index contributed by atoms with van der Waals surface area (Å²) in [5.74, 6) is -0.486. The van der Waals surface area contributed by atoms with E-state index in [-0.39, 0.29) is 17.1 Å². The molecule has 6 nitrogen and oxygen atoms in total. The van der Waals surface area contributed by atoms with Gasteiger partial charge in [0.25, 0.3) is 5.91 Å². The lowest BCUT2D eigenvalue weighted by Gasteiger charge is -2.13.